The van der Waals surface area contributed by atoms with Crippen LogP contribution >= 0.6 is 0 Å². The number of benzene rings is 3. The van der Waals surface area contributed by atoms with Gasteiger partial charge in [-0.3, -0.25) is 4.79 Å². The van der Waals surface area contributed by atoms with Crippen LogP contribution in [0.3, 0.4) is 0 Å². The second-order valence-corrected chi connectivity index (χ2v) is 7.16. The van der Waals surface area contributed by atoms with Gasteiger partial charge in [0.1, 0.15) is 17.4 Å². The lowest BCUT2D eigenvalue weighted by Gasteiger charge is -2.26. The van der Waals surface area contributed by atoms with Crippen LogP contribution in [0.2, 0.25) is 0 Å². The number of nitrogens with one attached hydrogen (secondary N) is 1. The molecule has 30 heavy (non-hydrogen) atoms. The van der Waals surface area contributed by atoms with Crippen LogP contribution in [0.15, 0.2) is 95.1 Å². The van der Waals surface area contributed by atoms with E-state index in [1.165, 1.54) is 0 Å². The summed E-state index contributed by atoms with van der Waals surface area (Å²) in [6.07, 6.45) is 0. The number of nitrogens with zero attached hydrogens (tertiary/aromatic N) is 1. The number of pyridine rings is 1. The van der Waals surface area contributed by atoms with E-state index in [4.69, 9.17) is 10.5 Å². The number of hydrogen-bond acceptors (Lipinski definition) is 4. The summed E-state index contributed by atoms with van der Waals surface area (Å²) >= 11 is 0. The Kier molecular flexibility index (Phi) is 4.11. The molecule has 0 fully saturated rings. The van der Waals surface area contributed by atoms with E-state index in [9.17, 15) is 10.1 Å². The van der Waals surface area contributed by atoms with Crippen LogP contribution in [-0.2, 0) is 0 Å². The number of allylic oxidation sites excluding steroid dienone is 1. The second-order valence-electron chi connectivity index (χ2n) is 7.16. The summed E-state index contributed by atoms with van der Waals surface area (Å²) in [4.78, 5) is 15.9. The number of aromatic amines is 1. The van der Waals surface area contributed by atoms with E-state index in [0.717, 1.165) is 22.1 Å². The lowest BCUT2D eigenvalue weighted by Crippen LogP contribution is -2.27. The average molecular weight is 391 g/mol. The minimum atomic E-state index is -0.600. The molecule has 5 rings (SSSR count). The molecule has 1 aliphatic heterocycles. The minimum absolute atomic E-state index is 0.0258. The molecular weight excluding hydrogens is 374 g/mol. The number of H-pyrrole nitrogens is 1. The standard InChI is InChI=1S/C25H17N3O2/c26-14-19-21(17-12-10-16(11-13-17)15-6-2-1-3-7-15)22-23(30-24(19)27)18-8-4-5-9-20(18)28-25(22)29/h1-13,21H,27H2,(H,28,29)/t21-/m1/s1. The van der Waals surface area contributed by atoms with Gasteiger partial charge >= 0.3 is 0 Å². The third-order valence-corrected chi connectivity index (χ3v) is 5.44. The van der Waals surface area contributed by atoms with Gasteiger partial charge in [0, 0.05) is 5.39 Å². The predicted molar refractivity (Wildman–Crippen MR) is 116 cm³/mol. The molecule has 1 aliphatic rings. The molecule has 5 heteroatoms. The zero-order valence-corrected chi connectivity index (χ0v) is 15.9. The first-order valence-electron chi connectivity index (χ1n) is 9.55. The number of nitriles is 1. The largest absolute Gasteiger partial charge is 0.439 e. The summed E-state index contributed by atoms with van der Waals surface area (Å²) < 4.78 is 5.79. The highest BCUT2D eigenvalue weighted by atomic mass is 16.5. The van der Waals surface area contributed by atoms with Gasteiger partial charge in [0.15, 0.2) is 0 Å². The van der Waals surface area contributed by atoms with E-state index in [1.54, 1.807) is 0 Å². The maximum absolute atomic E-state index is 13.0. The lowest BCUT2D eigenvalue weighted by molar-refractivity contribution is 0.397. The maximum atomic E-state index is 13.0. The van der Waals surface area contributed by atoms with Crippen molar-refractivity contribution in [2.45, 2.75) is 5.92 Å². The van der Waals surface area contributed by atoms with Crippen molar-refractivity contribution in [1.82, 2.24) is 4.98 Å². The summed E-state index contributed by atoms with van der Waals surface area (Å²) in [7, 11) is 0. The van der Waals surface area contributed by atoms with Crippen molar-refractivity contribution >= 4 is 10.9 Å². The van der Waals surface area contributed by atoms with E-state index in [2.05, 4.69) is 11.1 Å². The third-order valence-electron chi connectivity index (χ3n) is 5.44. The quantitative estimate of drug-likeness (QED) is 0.529. The van der Waals surface area contributed by atoms with Crippen LogP contribution in [-0.4, -0.2) is 4.98 Å². The number of ether oxygens (including phenoxy) is 1. The fourth-order valence-electron chi connectivity index (χ4n) is 4.00. The fourth-order valence-corrected chi connectivity index (χ4v) is 4.00. The Balaban J connectivity index is 1.71. The monoisotopic (exact) mass is 391 g/mol. The van der Waals surface area contributed by atoms with Crippen LogP contribution < -0.4 is 16.0 Å². The van der Waals surface area contributed by atoms with Crippen molar-refractivity contribution in [2.24, 2.45) is 5.73 Å². The molecule has 5 nitrogen and oxygen atoms in total. The van der Waals surface area contributed by atoms with Gasteiger partial charge in [-0.05, 0) is 28.8 Å². The molecule has 1 aromatic heterocycles. The van der Waals surface area contributed by atoms with Gasteiger partial charge in [0.05, 0.1) is 17.0 Å². The molecule has 0 spiro atoms. The van der Waals surface area contributed by atoms with Crippen LogP contribution in [0, 0.1) is 11.3 Å². The number of hydrogen-bond donors (Lipinski definition) is 2. The summed E-state index contributed by atoms with van der Waals surface area (Å²) in [6, 6.07) is 27.4. The highest BCUT2D eigenvalue weighted by molar-refractivity contribution is 5.87. The van der Waals surface area contributed by atoms with E-state index >= 15 is 0 Å². The Morgan fingerprint density at radius 2 is 1.57 bits per heavy atom. The van der Waals surface area contributed by atoms with E-state index in [-0.39, 0.29) is 17.0 Å². The molecule has 0 bridgehead atoms. The smallest absolute Gasteiger partial charge is 0.256 e. The molecule has 2 heterocycles. The fraction of sp³-hybridized carbons (Fsp3) is 0.0400. The molecule has 0 saturated heterocycles. The Hall–Kier alpha value is -4.30. The molecular formula is C25H17N3O2. The molecule has 1 atom stereocenters. The van der Waals surface area contributed by atoms with Crippen molar-refractivity contribution in [3.05, 3.63) is 112 Å². The summed E-state index contributed by atoms with van der Waals surface area (Å²) in [5.41, 5.74) is 10.1. The second kappa shape index (κ2) is 6.94. The Bertz CT molecular complexity index is 1390. The van der Waals surface area contributed by atoms with Crippen LogP contribution in [0.25, 0.3) is 22.0 Å². The first-order chi connectivity index (χ1) is 14.7. The first-order valence-corrected chi connectivity index (χ1v) is 9.55. The van der Waals surface area contributed by atoms with Gasteiger partial charge < -0.3 is 15.5 Å². The molecule has 0 radical (unpaired) electrons. The summed E-state index contributed by atoms with van der Waals surface area (Å²) in [5.74, 6) is -0.169. The van der Waals surface area contributed by atoms with Gasteiger partial charge in [-0.25, -0.2) is 0 Å². The predicted octanol–water partition coefficient (Wildman–Crippen LogP) is 4.41. The van der Waals surface area contributed by atoms with Crippen molar-refractivity contribution in [1.29, 1.82) is 5.26 Å². The third kappa shape index (κ3) is 2.75. The van der Waals surface area contributed by atoms with Crippen molar-refractivity contribution in [2.75, 3.05) is 0 Å². The minimum Gasteiger partial charge on any atom is -0.439 e. The van der Waals surface area contributed by atoms with Gasteiger partial charge in [-0.15, -0.1) is 0 Å². The molecule has 0 saturated carbocycles. The van der Waals surface area contributed by atoms with Crippen molar-refractivity contribution in [3.63, 3.8) is 0 Å². The molecule has 0 unspecified atom stereocenters. The maximum Gasteiger partial charge on any atom is 0.256 e. The average Bonchev–Trinajstić information content (AvgIpc) is 2.79. The molecule has 3 aromatic carbocycles. The summed E-state index contributed by atoms with van der Waals surface area (Å²) in [5, 5.41) is 10.5. The number of aromatic nitrogens is 1. The molecule has 3 N–H and O–H groups in total. The summed E-state index contributed by atoms with van der Waals surface area (Å²) in [6.45, 7) is 0. The van der Waals surface area contributed by atoms with Crippen molar-refractivity contribution in [3.8, 4) is 22.9 Å². The van der Waals surface area contributed by atoms with Crippen LogP contribution in [0.1, 0.15) is 17.0 Å². The van der Waals surface area contributed by atoms with Gasteiger partial charge in [0.2, 0.25) is 5.88 Å². The Labute approximate surface area is 172 Å². The number of rotatable bonds is 2. The zero-order valence-electron chi connectivity index (χ0n) is 15.9. The molecule has 144 valence electrons. The zero-order chi connectivity index (χ0) is 20.7. The van der Waals surface area contributed by atoms with Crippen LogP contribution in [0.4, 0.5) is 0 Å². The van der Waals surface area contributed by atoms with Crippen molar-refractivity contribution < 1.29 is 4.74 Å². The first kappa shape index (κ1) is 17.8. The highest BCUT2D eigenvalue weighted by Gasteiger charge is 2.34. The highest BCUT2D eigenvalue weighted by Crippen LogP contribution is 2.43. The van der Waals surface area contributed by atoms with E-state index in [1.807, 2.05) is 78.9 Å². The Morgan fingerprint density at radius 1 is 0.900 bits per heavy atom. The SMILES string of the molecule is N#CC1=C(N)Oc2c(c(=O)[nH]c3ccccc23)[C@@H]1c1ccc(-c2ccccc2)cc1. The molecule has 4 aromatic rings. The normalized spacial score (nSPS) is 15.4. The number of para-hydroxylation sites is 1. The van der Waals surface area contributed by atoms with Gasteiger partial charge in [-0.2, -0.15) is 5.26 Å². The number of fused-ring (bicyclic) bond motifs is 3. The lowest BCUT2D eigenvalue weighted by atomic mass is 9.83. The topological polar surface area (TPSA) is 91.9 Å². The van der Waals surface area contributed by atoms with Crippen LogP contribution in [0.5, 0.6) is 5.75 Å². The van der Waals surface area contributed by atoms with E-state index < -0.39 is 5.92 Å². The van der Waals surface area contributed by atoms with Gasteiger partial charge in [-0.1, -0.05) is 66.7 Å². The molecule has 0 aliphatic carbocycles. The molecule has 0 amide bonds. The number of nitrogens with two attached hydrogens (primary N) is 1. The Morgan fingerprint density at radius 3 is 2.30 bits per heavy atom. The van der Waals surface area contributed by atoms with Gasteiger partial charge in [0.25, 0.3) is 5.56 Å². The van der Waals surface area contributed by atoms with E-state index in [0.29, 0.717) is 16.8 Å².